The molecule has 8 aromatic carbocycles. The van der Waals surface area contributed by atoms with Gasteiger partial charge in [0, 0.05) is 0 Å². The van der Waals surface area contributed by atoms with E-state index in [0.717, 1.165) is 0 Å². The largest absolute Gasteiger partial charge is 1.00 e. The summed E-state index contributed by atoms with van der Waals surface area (Å²) >= 11 is 0. The summed E-state index contributed by atoms with van der Waals surface area (Å²) in [6.45, 7) is 12.9. The summed E-state index contributed by atoms with van der Waals surface area (Å²) in [5, 5.41) is 13.7. The molecule has 0 bridgehead atoms. The van der Waals surface area contributed by atoms with E-state index in [1.807, 2.05) is 0 Å². The maximum Gasteiger partial charge on any atom is 1.00 e. The van der Waals surface area contributed by atoms with Crippen molar-refractivity contribution in [3.8, 4) is 0 Å². The van der Waals surface area contributed by atoms with Gasteiger partial charge in [-0.2, -0.15) is 0 Å². The van der Waals surface area contributed by atoms with E-state index in [-0.39, 0.29) is 55.8 Å². The third kappa shape index (κ3) is 25.3. The van der Waals surface area contributed by atoms with Crippen LogP contribution in [0.2, 0.25) is 0 Å². The first-order chi connectivity index (χ1) is 36.1. The number of nitrogens with zero attached hydrogens (tertiary/aromatic N) is 2. The third-order valence-electron chi connectivity index (χ3n) is 10.5. The average molecular weight is 1350 g/mol. The van der Waals surface area contributed by atoms with Gasteiger partial charge in [0.15, 0.2) is 0 Å². The van der Waals surface area contributed by atoms with Gasteiger partial charge >= 0.3 is 44.8 Å². The van der Waals surface area contributed by atoms with Crippen LogP contribution in [0.1, 0.15) is 41.5 Å². The third-order valence-corrected chi connectivity index (χ3v) is 23.2. The summed E-state index contributed by atoms with van der Waals surface area (Å²) in [5.74, 6) is 7.37. The fourth-order valence-electron chi connectivity index (χ4n) is 7.58. The Hall–Kier alpha value is -3.88. The second kappa shape index (κ2) is 33.8. The average Bonchev–Trinajstić information content (AvgIpc) is 3.50. The Bertz CT molecular complexity index is 2530. The molecule has 0 radical (unpaired) electrons. The zero-order valence-corrected chi connectivity index (χ0v) is 52.1. The zero-order chi connectivity index (χ0) is 55.2. The SMILES string of the molecule is CC(C)(C)N=C=C([PH+](c1ccccc1)c1ccccc1)[PH+](c1ccccc1)c1ccccc1.CC(C)(C)N=C=C([PH+](c1ccccc1)c1ccccc1)[PH+](c1ccccc1)c1ccccc1.[Ag+].[Ag+].[O-][Cl+3]([O-])([O-])[O-].[O-][Cl+3]([O-])([O-])[O-]. The summed E-state index contributed by atoms with van der Waals surface area (Å²) in [6.07, 6.45) is 0. The van der Waals surface area contributed by atoms with Crippen molar-refractivity contribution >= 4 is 85.9 Å². The maximum atomic E-state index is 8.49. The Labute approximate surface area is 499 Å². The zero-order valence-electron chi connectivity index (χ0n) is 43.6. The summed E-state index contributed by atoms with van der Waals surface area (Å²) in [4.78, 5) is 9.93. The molecule has 0 aromatic heterocycles. The van der Waals surface area contributed by atoms with Gasteiger partial charge in [0.05, 0.1) is 22.8 Å². The molecule has 0 atom stereocenters. The molecule has 8 rings (SSSR count). The molecular formula is C60H62Ag2Cl2N2O8P4+4. The van der Waals surface area contributed by atoms with E-state index in [4.69, 9.17) is 47.3 Å². The van der Waals surface area contributed by atoms with Crippen LogP contribution in [0.5, 0.6) is 0 Å². The quantitative estimate of drug-likeness (QED) is 0.101. The first-order valence-corrected chi connectivity index (χ1v) is 32.4. The summed E-state index contributed by atoms with van der Waals surface area (Å²) in [5.41, 5.74) is -0.377. The van der Waals surface area contributed by atoms with E-state index < -0.39 is 52.2 Å². The second-order valence-corrected chi connectivity index (χ2v) is 30.9. The molecule has 0 amide bonds. The van der Waals surface area contributed by atoms with Gasteiger partial charge in [0.2, 0.25) is 0 Å². The van der Waals surface area contributed by atoms with Crippen LogP contribution in [0.4, 0.5) is 0 Å². The topological polar surface area (TPSA) is 209 Å². The van der Waals surface area contributed by atoms with Crippen molar-refractivity contribution in [2.75, 3.05) is 0 Å². The molecule has 18 heteroatoms. The van der Waals surface area contributed by atoms with Gasteiger partial charge in [-0.1, -0.05) is 146 Å². The van der Waals surface area contributed by atoms with Gasteiger partial charge in [0.1, 0.15) is 74.1 Å². The number of benzene rings is 8. The van der Waals surface area contributed by atoms with Crippen molar-refractivity contribution in [1.82, 2.24) is 0 Å². The normalized spacial score (nSPS) is 11.1. The van der Waals surface area contributed by atoms with E-state index in [1.54, 1.807) is 0 Å². The number of rotatable bonds is 12. The fraction of sp³-hybridized carbons (Fsp3) is 0.133. The van der Waals surface area contributed by atoms with Crippen LogP contribution in [0.3, 0.4) is 0 Å². The molecule has 0 fully saturated rings. The van der Waals surface area contributed by atoms with Crippen LogP contribution in [0.15, 0.2) is 263 Å². The minimum Gasteiger partial charge on any atom is -0.231 e. The summed E-state index contributed by atoms with van der Waals surface area (Å²) in [7, 11) is -15.1. The second-order valence-electron chi connectivity index (χ2n) is 18.7. The minimum atomic E-state index is -4.94. The molecule has 0 aliphatic rings. The molecule has 0 aliphatic heterocycles. The Morgan fingerprint density at radius 2 is 0.397 bits per heavy atom. The van der Waals surface area contributed by atoms with Crippen molar-refractivity contribution in [3.05, 3.63) is 253 Å². The van der Waals surface area contributed by atoms with E-state index in [9.17, 15) is 0 Å². The van der Waals surface area contributed by atoms with Crippen molar-refractivity contribution < 1.29 is 103 Å². The Morgan fingerprint density at radius 3 is 0.500 bits per heavy atom. The van der Waals surface area contributed by atoms with Crippen molar-refractivity contribution in [1.29, 1.82) is 0 Å². The molecule has 8 aromatic rings. The molecule has 0 heterocycles. The first-order valence-electron chi connectivity index (χ1n) is 23.9. The molecule has 0 saturated heterocycles. The fourth-order valence-corrected chi connectivity index (χ4v) is 21.6. The molecule has 0 saturated carbocycles. The molecular weight excluding hydrogens is 1290 g/mol. The first kappa shape index (κ1) is 68.4. The van der Waals surface area contributed by atoms with Gasteiger partial charge in [-0.15, -0.1) is 20.5 Å². The van der Waals surface area contributed by atoms with Crippen LogP contribution in [-0.4, -0.2) is 22.8 Å². The maximum absolute atomic E-state index is 8.49. The van der Waals surface area contributed by atoms with Crippen LogP contribution in [0, 0.1) is 20.5 Å². The smallest absolute Gasteiger partial charge is 0.231 e. The van der Waals surface area contributed by atoms with Crippen molar-refractivity contribution in [2.24, 2.45) is 9.98 Å². The van der Waals surface area contributed by atoms with Gasteiger partial charge < -0.3 is 0 Å². The van der Waals surface area contributed by atoms with Crippen LogP contribution in [0.25, 0.3) is 0 Å². The summed E-state index contributed by atoms with van der Waals surface area (Å²) in [6, 6.07) is 87.6. The van der Waals surface area contributed by atoms with Gasteiger partial charge in [-0.05, 0) is 139 Å². The molecule has 0 unspecified atom stereocenters. The van der Waals surface area contributed by atoms with E-state index >= 15 is 0 Å². The Kier molecular flexibility index (Phi) is 29.6. The van der Waals surface area contributed by atoms with Gasteiger partial charge in [0.25, 0.3) is 10.1 Å². The number of halogens is 2. The van der Waals surface area contributed by atoms with Crippen molar-refractivity contribution in [3.63, 3.8) is 0 Å². The number of hydrogen-bond donors (Lipinski definition) is 0. The van der Waals surface area contributed by atoms with Crippen molar-refractivity contribution in [2.45, 2.75) is 52.6 Å². The van der Waals surface area contributed by atoms with E-state index in [2.05, 4.69) is 296 Å². The monoisotopic (exact) mass is 1350 g/mol. The standard InChI is InChI=1S/2C30H29NP2.2Ag.2ClHO4/c2*1-30(2,3)31-24-29(32(25-16-8-4-9-17-25)26-18-10-5-11-19-26)33(27-20-12-6-13-21-27)28-22-14-7-15-23-28;;;2*2-1(3,4)5/h2*4-23H,1-3H3;;;2*(H,2,3,4,5)/q;;2*+1;;/p+2. The van der Waals surface area contributed by atoms with Gasteiger partial charge in [-0.3, -0.25) is 0 Å². The predicted octanol–water partition coefficient (Wildman–Crippen LogP) is 2.54. The summed E-state index contributed by atoms with van der Waals surface area (Å²) < 4.78 is 67.9. The molecule has 78 heavy (non-hydrogen) atoms. The number of aliphatic imine (C=N–C) groups is 2. The Balaban J connectivity index is 0.000000342. The Morgan fingerprint density at radius 1 is 0.282 bits per heavy atom. The molecule has 0 aliphatic carbocycles. The molecule has 0 N–H and O–H groups in total. The molecule has 0 spiro atoms. The van der Waals surface area contributed by atoms with Crippen LogP contribution in [-0.2, 0) is 44.8 Å². The van der Waals surface area contributed by atoms with E-state index in [1.165, 1.54) is 52.5 Å². The van der Waals surface area contributed by atoms with Crippen LogP contribution >= 0.6 is 31.7 Å². The number of hydrogen-bond acceptors (Lipinski definition) is 10. The molecule has 412 valence electrons. The minimum absolute atomic E-state index is 0. The van der Waals surface area contributed by atoms with Crippen LogP contribution < -0.4 is 79.7 Å². The van der Waals surface area contributed by atoms with Gasteiger partial charge in [-0.25, -0.2) is 47.3 Å². The predicted molar refractivity (Wildman–Crippen MR) is 303 cm³/mol. The van der Waals surface area contributed by atoms with E-state index in [0.29, 0.717) is 0 Å². The molecule has 10 nitrogen and oxygen atoms in total.